The van der Waals surface area contributed by atoms with Gasteiger partial charge in [-0.2, -0.15) is 5.10 Å². The molecule has 1 aromatic rings. The van der Waals surface area contributed by atoms with E-state index in [1.165, 1.54) is 25.7 Å². The molecule has 0 spiro atoms. The van der Waals surface area contributed by atoms with E-state index < -0.39 is 0 Å². The van der Waals surface area contributed by atoms with Gasteiger partial charge in [-0.3, -0.25) is 9.89 Å². The first-order chi connectivity index (χ1) is 8.59. The molecule has 0 aliphatic heterocycles. The Morgan fingerprint density at radius 3 is 2.72 bits per heavy atom. The van der Waals surface area contributed by atoms with Gasteiger partial charge >= 0.3 is 0 Å². The van der Waals surface area contributed by atoms with Crippen LogP contribution in [-0.2, 0) is 0 Å². The Morgan fingerprint density at radius 2 is 2.11 bits per heavy atom. The van der Waals surface area contributed by atoms with Crippen molar-refractivity contribution in [1.29, 1.82) is 0 Å². The fourth-order valence-electron chi connectivity index (χ4n) is 2.89. The number of carbonyl (C=O) groups excluding carboxylic acids is 1. The number of nitrogens with one attached hydrogen (secondary N) is 2. The van der Waals surface area contributed by atoms with Crippen LogP contribution in [0.4, 0.5) is 0 Å². The topological polar surface area (TPSA) is 57.8 Å². The van der Waals surface area contributed by atoms with Crippen LogP contribution in [0.5, 0.6) is 0 Å². The summed E-state index contributed by atoms with van der Waals surface area (Å²) in [5.74, 6) is 1.37. The van der Waals surface area contributed by atoms with Gasteiger partial charge in [-0.25, -0.2) is 0 Å². The molecule has 2 N–H and O–H groups in total. The maximum absolute atomic E-state index is 12.1. The zero-order chi connectivity index (χ0) is 13.1. The Hall–Kier alpha value is -1.32. The molecule has 1 aliphatic carbocycles. The molecule has 2 rings (SSSR count). The highest BCUT2D eigenvalue weighted by Gasteiger charge is 2.22. The maximum Gasteiger partial charge on any atom is 0.255 e. The van der Waals surface area contributed by atoms with Gasteiger partial charge in [-0.05, 0) is 32.1 Å². The number of H-pyrrole nitrogens is 1. The zero-order valence-electron chi connectivity index (χ0n) is 11.5. The summed E-state index contributed by atoms with van der Waals surface area (Å²) in [4.78, 5) is 12.1. The number of amides is 1. The van der Waals surface area contributed by atoms with E-state index in [0.717, 1.165) is 23.9 Å². The average molecular weight is 249 g/mol. The van der Waals surface area contributed by atoms with Crippen LogP contribution >= 0.6 is 0 Å². The molecule has 0 bridgehead atoms. The van der Waals surface area contributed by atoms with E-state index in [9.17, 15) is 4.79 Å². The number of aromatic nitrogens is 2. The Kier molecular flexibility index (Phi) is 4.04. The minimum Gasteiger partial charge on any atom is -0.352 e. The molecule has 2 atom stereocenters. The minimum atomic E-state index is 0.0107. The number of hydrogen-bond donors (Lipinski definition) is 2. The fraction of sp³-hybridized carbons (Fsp3) is 0.714. The highest BCUT2D eigenvalue weighted by atomic mass is 16.1. The van der Waals surface area contributed by atoms with Crippen molar-refractivity contribution in [3.8, 4) is 0 Å². The molecular formula is C14H23N3O. The van der Waals surface area contributed by atoms with Gasteiger partial charge in [0.1, 0.15) is 0 Å². The predicted molar refractivity (Wildman–Crippen MR) is 71.5 cm³/mol. The summed E-state index contributed by atoms with van der Waals surface area (Å²) in [6, 6.07) is 0. The highest BCUT2D eigenvalue weighted by molar-refractivity contribution is 5.96. The molecule has 1 aliphatic rings. The van der Waals surface area contributed by atoms with Crippen LogP contribution in [0.25, 0.3) is 0 Å². The van der Waals surface area contributed by atoms with Gasteiger partial charge in [-0.1, -0.05) is 26.2 Å². The van der Waals surface area contributed by atoms with Crippen LogP contribution in [0.2, 0.25) is 0 Å². The molecule has 18 heavy (non-hydrogen) atoms. The number of nitrogens with zero attached hydrogens (tertiary/aromatic N) is 1. The first-order valence-corrected chi connectivity index (χ1v) is 6.89. The van der Waals surface area contributed by atoms with Crippen molar-refractivity contribution < 1.29 is 4.79 Å². The molecule has 1 aromatic heterocycles. The number of aryl methyl sites for hydroxylation is 2. The molecule has 4 nitrogen and oxygen atoms in total. The van der Waals surface area contributed by atoms with E-state index in [1.807, 2.05) is 13.8 Å². The van der Waals surface area contributed by atoms with Crippen LogP contribution in [0.15, 0.2) is 0 Å². The van der Waals surface area contributed by atoms with Crippen molar-refractivity contribution in [2.45, 2.75) is 46.5 Å². The van der Waals surface area contributed by atoms with Crippen LogP contribution in [0.1, 0.15) is 54.4 Å². The molecule has 0 saturated heterocycles. The second kappa shape index (κ2) is 5.55. The van der Waals surface area contributed by atoms with E-state index >= 15 is 0 Å². The lowest BCUT2D eigenvalue weighted by Gasteiger charge is -2.28. The van der Waals surface area contributed by atoms with Gasteiger partial charge in [0.15, 0.2) is 0 Å². The quantitative estimate of drug-likeness (QED) is 0.865. The smallest absolute Gasteiger partial charge is 0.255 e. The zero-order valence-corrected chi connectivity index (χ0v) is 11.5. The van der Waals surface area contributed by atoms with E-state index in [4.69, 9.17) is 0 Å². The van der Waals surface area contributed by atoms with Gasteiger partial charge in [0.05, 0.1) is 11.3 Å². The number of rotatable bonds is 3. The minimum absolute atomic E-state index is 0.0107. The number of carbonyl (C=O) groups is 1. The standard InChI is InChI=1S/C14H23N3O/c1-9-6-4-5-7-12(9)8-15-14(18)13-10(2)16-17-11(13)3/h9,12H,4-8H2,1-3H3,(H,15,18)(H,16,17). The lowest BCUT2D eigenvalue weighted by molar-refractivity contribution is 0.0935. The molecule has 0 radical (unpaired) electrons. The maximum atomic E-state index is 12.1. The van der Waals surface area contributed by atoms with Crippen molar-refractivity contribution in [3.05, 3.63) is 17.0 Å². The average Bonchev–Trinajstić information content (AvgIpc) is 2.68. The molecule has 0 aromatic carbocycles. The monoisotopic (exact) mass is 249 g/mol. The van der Waals surface area contributed by atoms with Crippen LogP contribution < -0.4 is 5.32 Å². The largest absolute Gasteiger partial charge is 0.352 e. The molecule has 1 saturated carbocycles. The lowest BCUT2D eigenvalue weighted by atomic mass is 9.80. The van der Waals surface area contributed by atoms with E-state index in [1.54, 1.807) is 0 Å². The summed E-state index contributed by atoms with van der Waals surface area (Å²) in [6.07, 6.45) is 5.18. The Labute approximate surface area is 109 Å². The Bertz CT molecular complexity index is 405. The third-order valence-electron chi connectivity index (χ3n) is 4.17. The summed E-state index contributed by atoms with van der Waals surface area (Å²) in [5.41, 5.74) is 2.34. The summed E-state index contributed by atoms with van der Waals surface area (Å²) < 4.78 is 0. The molecule has 1 heterocycles. The normalized spacial score (nSPS) is 23.9. The first kappa shape index (κ1) is 13.1. The summed E-state index contributed by atoms with van der Waals surface area (Å²) >= 11 is 0. The van der Waals surface area contributed by atoms with Crippen molar-refractivity contribution in [2.75, 3.05) is 6.54 Å². The third kappa shape index (κ3) is 2.74. The molecule has 1 fully saturated rings. The fourth-order valence-corrected chi connectivity index (χ4v) is 2.89. The Morgan fingerprint density at radius 1 is 1.39 bits per heavy atom. The number of aromatic amines is 1. The van der Waals surface area contributed by atoms with Gasteiger partial charge in [-0.15, -0.1) is 0 Å². The van der Waals surface area contributed by atoms with E-state index in [0.29, 0.717) is 11.5 Å². The summed E-state index contributed by atoms with van der Waals surface area (Å²) in [7, 11) is 0. The van der Waals surface area contributed by atoms with Gasteiger partial charge < -0.3 is 5.32 Å². The van der Waals surface area contributed by atoms with Gasteiger partial charge in [0.25, 0.3) is 5.91 Å². The molecule has 2 unspecified atom stereocenters. The molecule has 1 amide bonds. The van der Waals surface area contributed by atoms with Crippen LogP contribution in [0, 0.1) is 25.7 Å². The van der Waals surface area contributed by atoms with Crippen molar-refractivity contribution >= 4 is 5.91 Å². The highest BCUT2D eigenvalue weighted by Crippen LogP contribution is 2.28. The molecule has 100 valence electrons. The van der Waals surface area contributed by atoms with E-state index in [2.05, 4.69) is 22.4 Å². The molecule has 4 heteroatoms. The van der Waals surface area contributed by atoms with Crippen molar-refractivity contribution in [1.82, 2.24) is 15.5 Å². The van der Waals surface area contributed by atoms with Crippen molar-refractivity contribution in [3.63, 3.8) is 0 Å². The van der Waals surface area contributed by atoms with Gasteiger partial charge in [0.2, 0.25) is 0 Å². The second-order valence-corrected chi connectivity index (χ2v) is 5.54. The Balaban J connectivity index is 1.92. The van der Waals surface area contributed by atoms with E-state index in [-0.39, 0.29) is 5.91 Å². The predicted octanol–water partition coefficient (Wildman–Crippen LogP) is 2.58. The number of hydrogen-bond acceptors (Lipinski definition) is 2. The first-order valence-electron chi connectivity index (χ1n) is 6.89. The molecular weight excluding hydrogens is 226 g/mol. The third-order valence-corrected chi connectivity index (χ3v) is 4.17. The SMILES string of the molecule is Cc1n[nH]c(C)c1C(=O)NCC1CCCCC1C. The van der Waals surface area contributed by atoms with Crippen molar-refractivity contribution in [2.24, 2.45) is 11.8 Å². The summed E-state index contributed by atoms with van der Waals surface area (Å²) in [6.45, 7) is 6.84. The second-order valence-electron chi connectivity index (χ2n) is 5.54. The van der Waals surface area contributed by atoms with Gasteiger partial charge in [0, 0.05) is 12.2 Å². The summed E-state index contributed by atoms with van der Waals surface area (Å²) in [5, 5.41) is 9.98. The lowest BCUT2D eigenvalue weighted by Crippen LogP contribution is -2.33. The van der Waals surface area contributed by atoms with Crippen LogP contribution in [-0.4, -0.2) is 22.6 Å². The van der Waals surface area contributed by atoms with Crippen LogP contribution in [0.3, 0.4) is 0 Å².